The van der Waals surface area contributed by atoms with Crippen LogP contribution in [0.1, 0.15) is 41.4 Å². The van der Waals surface area contributed by atoms with Gasteiger partial charge in [-0.3, -0.25) is 0 Å². The van der Waals surface area contributed by atoms with E-state index in [9.17, 15) is 19.2 Å². The van der Waals surface area contributed by atoms with Crippen molar-refractivity contribution in [1.29, 1.82) is 0 Å². The van der Waals surface area contributed by atoms with Crippen LogP contribution in [0.5, 0.6) is 0 Å². The minimum Gasteiger partial charge on any atom is -0.478 e. The Bertz CT molecular complexity index is 839. The van der Waals surface area contributed by atoms with Crippen LogP contribution in [-0.2, 0) is 9.47 Å². The van der Waals surface area contributed by atoms with E-state index in [4.69, 9.17) is 19.7 Å². The van der Waals surface area contributed by atoms with Crippen molar-refractivity contribution in [2.45, 2.75) is 0 Å². The second-order valence-corrected chi connectivity index (χ2v) is 5.04. The smallest absolute Gasteiger partial charge is 0.338 e. The molecule has 2 aromatic rings. The summed E-state index contributed by atoms with van der Waals surface area (Å²) in [6.45, 7) is -0.418. The van der Waals surface area contributed by atoms with Gasteiger partial charge in [-0.1, -0.05) is 6.07 Å². The Kier molecular flexibility index (Phi) is 6.05. The van der Waals surface area contributed by atoms with Gasteiger partial charge in [0, 0.05) is 0 Å². The molecule has 0 heterocycles. The van der Waals surface area contributed by atoms with Gasteiger partial charge in [0.25, 0.3) is 0 Å². The third-order valence-electron chi connectivity index (χ3n) is 3.26. The molecular weight excluding hydrogens is 344 g/mol. The van der Waals surface area contributed by atoms with Gasteiger partial charge in [0.15, 0.2) is 0 Å². The van der Waals surface area contributed by atoms with Crippen molar-refractivity contribution in [2.75, 3.05) is 13.2 Å². The lowest BCUT2D eigenvalue weighted by atomic mass is 10.1. The molecule has 0 atom stereocenters. The predicted molar refractivity (Wildman–Crippen MR) is 87.4 cm³/mol. The average Bonchev–Trinajstić information content (AvgIpc) is 2.65. The molecule has 8 nitrogen and oxygen atoms in total. The molecule has 2 aromatic carbocycles. The molecule has 0 aliphatic rings. The highest BCUT2D eigenvalue weighted by Crippen LogP contribution is 2.08. The monoisotopic (exact) mass is 358 g/mol. The molecule has 0 aromatic heterocycles. The molecular formula is C18H14O8. The molecule has 0 radical (unpaired) electrons. The van der Waals surface area contributed by atoms with Crippen molar-refractivity contribution in [2.24, 2.45) is 0 Å². The van der Waals surface area contributed by atoms with E-state index in [1.807, 2.05) is 0 Å². The summed E-state index contributed by atoms with van der Waals surface area (Å²) in [5.41, 5.74) is 0.228. The molecule has 8 heteroatoms. The van der Waals surface area contributed by atoms with Gasteiger partial charge in [-0.05, 0) is 42.5 Å². The number of benzene rings is 2. The first kappa shape index (κ1) is 18.7. The number of carbonyl (C=O) groups excluding carboxylic acids is 2. The van der Waals surface area contributed by atoms with E-state index in [1.54, 1.807) is 0 Å². The third kappa shape index (κ3) is 4.91. The lowest BCUT2D eigenvalue weighted by Crippen LogP contribution is -2.14. The molecule has 0 saturated carbocycles. The molecule has 0 aliphatic heterocycles. The standard InChI is InChI=1S/C18H14O8/c19-15(20)11-4-6-12(7-5-11)17(23)25-8-9-26-18(24)14-3-1-2-13(10-14)16(21)22/h1-7,10H,8-9H2,(H,19,20)(H,21,22). The first-order valence-corrected chi connectivity index (χ1v) is 7.39. The topological polar surface area (TPSA) is 127 Å². The molecule has 0 fully saturated rings. The summed E-state index contributed by atoms with van der Waals surface area (Å²) in [4.78, 5) is 45.2. The van der Waals surface area contributed by atoms with E-state index >= 15 is 0 Å². The largest absolute Gasteiger partial charge is 0.478 e. The maximum absolute atomic E-state index is 11.8. The van der Waals surface area contributed by atoms with Crippen LogP contribution >= 0.6 is 0 Å². The summed E-state index contributed by atoms with van der Waals surface area (Å²) in [7, 11) is 0. The van der Waals surface area contributed by atoms with Crippen LogP contribution in [0.4, 0.5) is 0 Å². The first-order valence-electron chi connectivity index (χ1n) is 7.39. The number of rotatable bonds is 7. The van der Waals surface area contributed by atoms with E-state index in [0.717, 1.165) is 0 Å². The quantitative estimate of drug-likeness (QED) is 0.569. The predicted octanol–water partition coefficient (Wildman–Crippen LogP) is 2.10. The Morgan fingerprint density at radius 3 is 1.65 bits per heavy atom. The molecule has 2 rings (SSSR count). The van der Waals surface area contributed by atoms with E-state index in [1.165, 1.54) is 48.5 Å². The van der Waals surface area contributed by atoms with Gasteiger partial charge in [-0.2, -0.15) is 0 Å². The summed E-state index contributed by atoms with van der Waals surface area (Å²) in [5.74, 6) is -3.70. The number of carboxylic acid groups (broad SMARTS) is 2. The fraction of sp³-hybridized carbons (Fsp3) is 0.111. The molecule has 26 heavy (non-hydrogen) atoms. The van der Waals surface area contributed by atoms with Gasteiger partial charge in [0.05, 0.1) is 22.3 Å². The van der Waals surface area contributed by atoms with Gasteiger partial charge in [0.2, 0.25) is 0 Å². The van der Waals surface area contributed by atoms with Crippen LogP contribution < -0.4 is 0 Å². The minimum absolute atomic E-state index is 0.0408. The van der Waals surface area contributed by atoms with Crippen LogP contribution in [0.3, 0.4) is 0 Å². The van der Waals surface area contributed by atoms with E-state index in [-0.39, 0.29) is 35.5 Å². The van der Waals surface area contributed by atoms with Crippen LogP contribution in [0.25, 0.3) is 0 Å². The third-order valence-corrected chi connectivity index (χ3v) is 3.26. The van der Waals surface area contributed by atoms with Crippen LogP contribution in [-0.4, -0.2) is 47.3 Å². The zero-order valence-corrected chi connectivity index (χ0v) is 13.4. The van der Waals surface area contributed by atoms with Crippen molar-refractivity contribution in [3.8, 4) is 0 Å². The number of hydrogen-bond donors (Lipinski definition) is 2. The van der Waals surface area contributed by atoms with Crippen molar-refractivity contribution >= 4 is 23.9 Å². The Balaban J connectivity index is 1.81. The van der Waals surface area contributed by atoms with Crippen LogP contribution in [0, 0.1) is 0 Å². The van der Waals surface area contributed by atoms with Gasteiger partial charge in [0.1, 0.15) is 13.2 Å². The maximum Gasteiger partial charge on any atom is 0.338 e. The molecule has 0 saturated heterocycles. The summed E-state index contributed by atoms with van der Waals surface area (Å²) in [5, 5.41) is 17.7. The van der Waals surface area contributed by atoms with Crippen LogP contribution in [0.15, 0.2) is 48.5 Å². The van der Waals surface area contributed by atoms with Crippen LogP contribution in [0.2, 0.25) is 0 Å². The highest BCUT2D eigenvalue weighted by Gasteiger charge is 2.12. The highest BCUT2D eigenvalue weighted by molar-refractivity contribution is 5.94. The lowest BCUT2D eigenvalue weighted by molar-refractivity contribution is 0.0265. The normalized spacial score (nSPS) is 10.0. The van der Waals surface area contributed by atoms with E-state index in [0.29, 0.717) is 0 Å². The fourth-order valence-electron chi connectivity index (χ4n) is 1.96. The Hall–Kier alpha value is -3.68. The highest BCUT2D eigenvalue weighted by atomic mass is 16.6. The maximum atomic E-state index is 11.8. The van der Waals surface area contributed by atoms with E-state index in [2.05, 4.69) is 0 Å². The Morgan fingerprint density at radius 1 is 0.654 bits per heavy atom. The Morgan fingerprint density at radius 2 is 1.12 bits per heavy atom. The van der Waals surface area contributed by atoms with Crippen molar-refractivity contribution in [3.05, 3.63) is 70.8 Å². The minimum atomic E-state index is -1.16. The molecule has 0 aliphatic carbocycles. The molecule has 0 unspecified atom stereocenters. The second-order valence-electron chi connectivity index (χ2n) is 5.04. The number of carbonyl (C=O) groups is 4. The zero-order valence-electron chi connectivity index (χ0n) is 13.4. The van der Waals surface area contributed by atoms with Gasteiger partial charge >= 0.3 is 23.9 Å². The lowest BCUT2D eigenvalue weighted by Gasteiger charge is -2.07. The number of ether oxygens (including phenoxy) is 2. The first-order chi connectivity index (χ1) is 12.4. The molecule has 0 bridgehead atoms. The summed E-state index contributed by atoms with van der Waals surface area (Å²) < 4.78 is 9.83. The average molecular weight is 358 g/mol. The number of hydrogen-bond acceptors (Lipinski definition) is 6. The van der Waals surface area contributed by atoms with E-state index < -0.39 is 23.9 Å². The summed E-state index contributed by atoms with van der Waals surface area (Å²) in [6.07, 6.45) is 0. The Labute approximate surface area is 147 Å². The van der Waals surface area contributed by atoms with Crippen molar-refractivity contribution in [3.63, 3.8) is 0 Å². The van der Waals surface area contributed by atoms with Crippen molar-refractivity contribution < 1.29 is 38.9 Å². The molecule has 2 N–H and O–H groups in total. The van der Waals surface area contributed by atoms with Gasteiger partial charge in [-0.15, -0.1) is 0 Å². The number of esters is 2. The number of aromatic carboxylic acids is 2. The zero-order chi connectivity index (χ0) is 19.1. The summed E-state index contributed by atoms with van der Waals surface area (Å²) in [6, 6.07) is 10.5. The number of carboxylic acids is 2. The van der Waals surface area contributed by atoms with Gasteiger partial charge < -0.3 is 19.7 Å². The second kappa shape index (κ2) is 8.43. The molecule has 0 spiro atoms. The summed E-state index contributed by atoms with van der Waals surface area (Å²) >= 11 is 0. The molecule has 134 valence electrons. The molecule has 0 amide bonds. The SMILES string of the molecule is O=C(O)c1ccc(C(=O)OCCOC(=O)c2cccc(C(=O)O)c2)cc1. The fourth-order valence-corrected chi connectivity index (χ4v) is 1.96. The van der Waals surface area contributed by atoms with Crippen molar-refractivity contribution in [1.82, 2.24) is 0 Å². The van der Waals surface area contributed by atoms with Gasteiger partial charge in [-0.25, -0.2) is 19.2 Å².